The molecule has 1 aromatic heterocycles. The Hall–Kier alpha value is -1.78. The van der Waals surface area contributed by atoms with E-state index in [1.54, 1.807) is 12.1 Å². The number of urea groups is 1. The highest BCUT2D eigenvalue weighted by atomic mass is 35.5. The summed E-state index contributed by atoms with van der Waals surface area (Å²) in [5, 5.41) is 6.16. The van der Waals surface area contributed by atoms with Crippen LogP contribution >= 0.6 is 23.2 Å². The van der Waals surface area contributed by atoms with Gasteiger partial charge in [0.05, 0.1) is 0 Å². The quantitative estimate of drug-likeness (QED) is 0.829. The van der Waals surface area contributed by atoms with E-state index in [1.807, 2.05) is 12.1 Å². The first kappa shape index (κ1) is 14.2. The molecule has 2 N–H and O–H groups in total. The predicted molar refractivity (Wildman–Crippen MR) is 84.0 cm³/mol. The normalized spacial score (nSPS) is 13.8. The number of nitrogens with zero attached hydrogens (tertiary/aromatic N) is 1. The molecule has 0 saturated carbocycles. The van der Waals surface area contributed by atoms with Crippen LogP contribution in [0.5, 0.6) is 0 Å². The third-order valence-electron chi connectivity index (χ3n) is 3.41. The van der Waals surface area contributed by atoms with Crippen LogP contribution in [0.4, 0.5) is 10.5 Å². The average molecular weight is 322 g/mol. The van der Waals surface area contributed by atoms with Crippen LogP contribution in [0.2, 0.25) is 10.3 Å². The number of fused-ring (bicyclic) bond motifs is 1. The molecule has 1 heterocycles. The molecule has 2 aromatic rings. The largest absolute Gasteiger partial charge is 0.334 e. The van der Waals surface area contributed by atoms with E-state index in [2.05, 4.69) is 27.8 Å². The number of carbonyl (C=O) groups is 1. The lowest BCUT2D eigenvalue weighted by molar-refractivity contribution is 0.249. The van der Waals surface area contributed by atoms with Crippen LogP contribution in [-0.2, 0) is 12.8 Å². The molecule has 21 heavy (non-hydrogen) atoms. The molecule has 3 rings (SSSR count). The van der Waals surface area contributed by atoms with Gasteiger partial charge >= 0.3 is 6.03 Å². The van der Waals surface area contributed by atoms with Gasteiger partial charge in [-0.3, -0.25) is 0 Å². The van der Waals surface area contributed by atoms with Gasteiger partial charge in [0, 0.05) is 11.7 Å². The monoisotopic (exact) mass is 321 g/mol. The molecule has 6 heteroatoms. The molecule has 4 nitrogen and oxygen atoms in total. The second kappa shape index (κ2) is 5.92. The minimum atomic E-state index is -0.272. The van der Waals surface area contributed by atoms with Crippen molar-refractivity contribution in [2.24, 2.45) is 0 Å². The first-order valence-corrected chi connectivity index (χ1v) is 7.33. The number of carbonyl (C=O) groups excluding carboxylic acids is 1. The number of anilines is 1. The molecule has 0 saturated heterocycles. The molecule has 0 spiro atoms. The van der Waals surface area contributed by atoms with Gasteiger partial charge in [-0.25, -0.2) is 9.78 Å². The highest BCUT2D eigenvalue weighted by Gasteiger charge is 2.22. The van der Waals surface area contributed by atoms with Crippen molar-refractivity contribution >= 4 is 34.9 Å². The zero-order valence-electron chi connectivity index (χ0n) is 11.1. The van der Waals surface area contributed by atoms with Crippen LogP contribution in [0.15, 0.2) is 36.4 Å². The van der Waals surface area contributed by atoms with Gasteiger partial charge in [0.25, 0.3) is 0 Å². The Balaban J connectivity index is 1.61. The second-order valence-corrected chi connectivity index (χ2v) is 5.75. The summed E-state index contributed by atoms with van der Waals surface area (Å²) in [4.78, 5) is 15.8. The van der Waals surface area contributed by atoms with Crippen molar-refractivity contribution in [3.05, 3.63) is 57.8 Å². The molecule has 2 amide bonds. The molecule has 0 atom stereocenters. The van der Waals surface area contributed by atoms with Gasteiger partial charge < -0.3 is 10.6 Å². The molecule has 1 aromatic carbocycles. The Labute approximate surface area is 132 Å². The molecule has 1 aliphatic rings. The summed E-state index contributed by atoms with van der Waals surface area (Å²) in [6, 6.07) is 11.2. The fourth-order valence-electron chi connectivity index (χ4n) is 2.55. The molecule has 0 fully saturated rings. The van der Waals surface area contributed by atoms with Gasteiger partial charge in [0.2, 0.25) is 0 Å². The first-order valence-electron chi connectivity index (χ1n) is 6.57. The van der Waals surface area contributed by atoms with Crippen molar-refractivity contribution < 1.29 is 4.79 Å². The maximum absolute atomic E-state index is 12.0. The van der Waals surface area contributed by atoms with Crippen molar-refractivity contribution in [1.29, 1.82) is 0 Å². The van der Waals surface area contributed by atoms with Gasteiger partial charge in [-0.15, -0.1) is 0 Å². The Bertz CT molecular complexity index is 645. The topological polar surface area (TPSA) is 54.0 Å². The molecule has 0 bridgehead atoms. The second-order valence-electron chi connectivity index (χ2n) is 4.97. The SMILES string of the molecule is O=C(Nc1cc(Cl)nc(Cl)c1)NC1Cc2ccccc2C1. The van der Waals surface area contributed by atoms with Crippen LogP contribution in [0, 0.1) is 0 Å². The molecule has 108 valence electrons. The molecule has 0 unspecified atom stereocenters. The van der Waals surface area contributed by atoms with Crippen molar-refractivity contribution in [2.75, 3.05) is 5.32 Å². The molecule has 1 aliphatic carbocycles. The number of halogens is 2. The van der Waals surface area contributed by atoms with Crippen LogP contribution in [-0.4, -0.2) is 17.1 Å². The fraction of sp³-hybridized carbons (Fsp3) is 0.200. The summed E-state index contributed by atoms with van der Waals surface area (Å²) < 4.78 is 0. The highest BCUT2D eigenvalue weighted by molar-refractivity contribution is 6.32. The molecule has 0 radical (unpaired) electrons. The predicted octanol–water partition coefficient (Wildman–Crippen LogP) is 3.68. The van der Waals surface area contributed by atoms with E-state index in [1.165, 1.54) is 11.1 Å². The van der Waals surface area contributed by atoms with E-state index in [9.17, 15) is 4.79 Å². The Kier molecular flexibility index (Phi) is 3.99. The Morgan fingerprint density at radius 3 is 2.24 bits per heavy atom. The highest BCUT2D eigenvalue weighted by Crippen LogP contribution is 2.22. The van der Waals surface area contributed by atoms with Crippen LogP contribution in [0.25, 0.3) is 0 Å². The maximum atomic E-state index is 12.0. The van der Waals surface area contributed by atoms with Gasteiger partial charge in [0.15, 0.2) is 0 Å². The molecular weight excluding hydrogens is 309 g/mol. The van der Waals surface area contributed by atoms with Crippen LogP contribution < -0.4 is 10.6 Å². The zero-order chi connectivity index (χ0) is 14.8. The summed E-state index contributed by atoms with van der Waals surface area (Å²) in [7, 11) is 0. The van der Waals surface area contributed by atoms with E-state index in [-0.39, 0.29) is 22.4 Å². The van der Waals surface area contributed by atoms with Crippen molar-refractivity contribution in [3.63, 3.8) is 0 Å². The lowest BCUT2D eigenvalue weighted by Crippen LogP contribution is -2.38. The van der Waals surface area contributed by atoms with Crippen molar-refractivity contribution in [3.8, 4) is 0 Å². The number of hydrogen-bond donors (Lipinski definition) is 2. The third kappa shape index (κ3) is 3.46. The minimum absolute atomic E-state index is 0.107. The van der Waals surface area contributed by atoms with E-state index in [4.69, 9.17) is 23.2 Å². The third-order valence-corrected chi connectivity index (χ3v) is 3.79. The number of rotatable bonds is 2. The van der Waals surface area contributed by atoms with E-state index in [0.717, 1.165) is 12.8 Å². The van der Waals surface area contributed by atoms with Gasteiger partial charge in [-0.2, -0.15) is 0 Å². The number of hydrogen-bond acceptors (Lipinski definition) is 2. The fourth-order valence-corrected chi connectivity index (χ4v) is 3.01. The van der Waals surface area contributed by atoms with Crippen LogP contribution in [0.3, 0.4) is 0 Å². The Morgan fingerprint density at radius 1 is 1.10 bits per heavy atom. The minimum Gasteiger partial charge on any atom is -0.334 e. The van der Waals surface area contributed by atoms with E-state index < -0.39 is 0 Å². The number of benzene rings is 1. The summed E-state index contributed by atoms with van der Waals surface area (Å²) in [5.41, 5.74) is 3.10. The summed E-state index contributed by atoms with van der Waals surface area (Å²) in [6.07, 6.45) is 1.70. The lowest BCUT2D eigenvalue weighted by atomic mass is 10.1. The summed E-state index contributed by atoms with van der Waals surface area (Å²) in [6.45, 7) is 0. The number of nitrogens with one attached hydrogen (secondary N) is 2. The van der Waals surface area contributed by atoms with Crippen LogP contribution in [0.1, 0.15) is 11.1 Å². The number of pyridine rings is 1. The van der Waals surface area contributed by atoms with Gasteiger partial charge in [-0.05, 0) is 36.1 Å². The number of amides is 2. The van der Waals surface area contributed by atoms with Crippen molar-refractivity contribution in [1.82, 2.24) is 10.3 Å². The smallest absolute Gasteiger partial charge is 0.319 e. The molecule has 0 aliphatic heterocycles. The molecular formula is C15H13Cl2N3O. The van der Waals surface area contributed by atoms with Crippen molar-refractivity contribution in [2.45, 2.75) is 18.9 Å². The maximum Gasteiger partial charge on any atom is 0.319 e. The number of aromatic nitrogens is 1. The Morgan fingerprint density at radius 2 is 1.67 bits per heavy atom. The zero-order valence-corrected chi connectivity index (χ0v) is 12.6. The summed E-state index contributed by atoms with van der Waals surface area (Å²) >= 11 is 11.6. The standard InChI is InChI=1S/C15H13Cl2N3O/c16-13-7-12(8-14(17)20-13)19-15(21)18-11-5-9-3-1-2-4-10(9)6-11/h1-4,7-8,11H,5-6H2,(H2,18,19,20,21). The first-order chi connectivity index (χ1) is 10.1. The van der Waals surface area contributed by atoms with E-state index >= 15 is 0 Å². The summed E-state index contributed by atoms with van der Waals surface area (Å²) in [5.74, 6) is 0. The lowest BCUT2D eigenvalue weighted by Gasteiger charge is -2.13. The average Bonchev–Trinajstić information content (AvgIpc) is 2.78. The van der Waals surface area contributed by atoms with Gasteiger partial charge in [-0.1, -0.05) is 47.5 Å². The van der Waals surface area contributed by atoms with E-state index in [0.29, 0.717) is 5.69 Å². The van der Waals surface area contributed by atoms with Gasteiger partial charge in [0.1, 0.15) is 10.3 Å².